The number of rotatable bonds is 3. The third kappa shape index (κ3) is 4.07. The summed E-state index contributed by atoms with van der Waals surface area (Å²) in [7, 11) is -3.99. The van der Waals surface area contributed by atoms with E-state index in [0.29, 0.717) is 11.1 Å². The van der Waals surface area contributed by atoms with Crippen LogP contribution in [-0.4, -0.2) is 48.9 Å². The second kappa shape index (κ2) is 7.72. The molecule has 31 heavy (non-hydrogen) atoms. The van der Waals surface area contributed by atoms with Crippen molar-refractivity contribution in [2.45, 2.75) is 18.0 Å². The van der Waals surface area contributed by atoms with Crippen LogP contribution in [0.3, 0.4) is 0 Å². The van der Waals surface area contributed by atoms with Gasteiger partial charge in [0.05, 0.1) is 15.9 Å². The minimum atomic E-state index is -4.71. The molecule has 3 aromatic rings. The van der Waals surface area contributed by atoms with Crippen molar-refractivity contribution in [1.29, 1.82) is 0 Å². The summed E-state index contributed by atoms with van der Waals surface area (Å²) in [5.41, 5.74) is -0.274. The van der Waals surface area contributed by atoms with E-state index in [1.807, 2.05) is 0 Å². The maximum absolute atomic E-state index is 13.6. The van der Waals surface area contributed by atoms with Crippen LogP contribution in [0.4, 0.5) is 23.4 Å². The maximum Gasteiger partial charge on any atom is 0.437 e. The van der Waals surface area contributed by atoms with Gasteiger partial charge >= 0.3 is 6.18 Å². The van der Waals surface area contributed by atoms with Crippen molar-refractivity contribution in [1.82, 2.24) is 14.3 Å². The zero-order valence-corrected chi connectivity index (χ0v) is 17.2. The highest BCUT2D eigenvalue weighted by Gasteiger charge is 2.40. The molecule has 164 valence electrons. The topological polar surface area (TPSA) is 66.4 Å². The molecular formula is C20H18F4N4O2S. The van der Waals surface area contributed by atoms with Gasteiger partial charge in [0.1, 0.15) is 5.82 Å². The number of hydrogen-bond donors (Lipinski definition) is 0. The average Bonchev–Trinajstić information content (AvgIpc) is 2.74. The van der Waals surface area contributed by atoms with Gasteiger partial charge in [-0.3, -0.25) is 0 Å². The first-order chi connectivity index (χ1) is 14.6. The van der Waals surface area contributed by atoms with Crippen LogP contribution in [0, 0.1) is 12.7 Å². The van der Waals surface area contributed by atoms with E-state index in [9.17, 15) is 26.0 Å². The van der Waals surface area contributed by atoms with E-state index < -0.39 is 27.7 Å². The largest absolute Gasteiger partial charge is 0.437 e. The van der Waals surface area contributed by atoms with Crippen molar-refractivity contribution in [3.05, 3.63) is 59.5 Å². The normalized spacial score (nSPS) is 16.1. The minimum absolute atomic E-state index is 0.0102. The Hall–Kier alpha value is -2.79. The molecule has 6 nitrogen and oxygen atoms in total. The van der Waals surface area contributed by atoms with Crippen LogP contribution in [0.2, 0.25) is 0 Å². The third-order valence-corrected chi connectivity index (χ3v) is 7.17. The molecule has 11 heteroatoms. The molecule has 4 rings (SSSR count). The van der Waals surface area contributed by atoms with Gasteiger partial charge in [-0.25, -0.2) is 22.8 Å². The molecule has 2 heterocycles. The zero-order valence-electron chi connectivity index (χ0n) is 16.4. The van der Waals surface area contributed by atoms with Gasteiger partial charge in [0, 0.05) is 26.2 Å². The van der Waals surface area contributed by atoms with Crippen molar-refractivity contribution in [3.8, 4) is 0 Å². The van der Waals surface area contributed by atoms with Crippen molar-refractivity contribution >= 4 is 26.9 Å². The van der Waals surface area contributed by atoms with Gasteiger partial charge in [0.15, 0.2) is 11.5 Å². The summed E-state index contributed by atoms with van der Waals surface area (Å²) >= 11 is 0. The lowest BCUT2D eigenvalue weighted by atomic mass is 10.2. The Morgan fingerprint density at radius 2 is 1.55 bits per heavy atom. The molecule has 1 aromatic heterocycles. The van der Waals surface area contributed by atoms with E-state index in [0.717, 1.165) is 10.4 Å². The molecule has 0 atom stereocenters. The first-order valence-electron chi connectivity index (χ1n) is 9.42. The highest BCUT2D eigenvalue weighted by Crippen LogP contribution is 2.36. The fourth-order valence-corrected chi connectivity index (χ4v) is 5.19. The fourth-order valence-electron chi connectivity index (χ4n) is 3.53. The van der Waals surface area contributed by atoms with Gasteiger partial charge in [-0.1, -0.05) is 18.2 Å². The Kier molecular flexibility index (Phi) is 5.34. The summed E-state index contributed by atoms with van der Waals surface area (Å²) in [5.74, 6) is -1.01. The number of fused-ring (bicyclic) bond motifs is 1. The fraction of sp³-hybridized carbons (Fsp3) is 0.300. The Bertz CT molecular complexity index is 1240. The number of hydrogen-bond acceptors (Lipinski definition) is 5. The molecule has 0 aliphatic carbocycles. The van der Waals surface area contributed by atoms with Gasteiger partial charge in [0.2, 0.25) is 10.0 Å². The van der Waals surface area contributed by atoms with Crippen LogP contribution in [-0.2, 0) is 16.2 Å². The number of sulfonamides is 1. The maximum atomic E-state index is 13.6. The van der Waals surface area contributed by atoms with E-state index in [2.05, 4.69) is 9.97 Å². The number of para-hydroxylation sites is 2. The van der Waals surface area contributed by atoms with Crippen molar-refractivity contribution in [2.75, 3.05) is 31.1 Å². The monoisotopic (exact) mass is 454 g/mol. The smallest absolute Gasteiger partial charge is 0.352 e. The molecule has 1 aliphatic rings. The summed E-state index contributed by atoms with van der Waals surface area (Å²) < 4.78 is 81.5. The number of benzene rings is 2. The molecule has 0 radical (unpaired) electrons. The first kappa shape index (κ1) is 21.4. The molecule has 0 amide bonds. The minimum Gasteiger partial charge on any atom is -0.352 e. The summed E-state index contributed by atoms with van der Waals surface area (Å²) in [6, 6.07) is 9.75. The number of piperazine rings is 1. The third-order valence-electron chi connectivity index (χ3n) is 5.13. The lowest BCUT2D eigenvalue weighted by Gasteiger charge is -2.35. The Balaban J connectivity index is 1.63. The quantitative estimate of drug-likeness (QED) is 0.566. The number of anilines is 1. The molecule has 0 spiro atoms. The van der Waals surface area contributed by atoms with Crippen LogP contribution >= 0.6 is 0 Å². The number of aryl methyl sites for hydroxylation is 1. The second-order valence-corrected chi connectivity index (χ2v) is 9.09. The van der Waals surface area contributed by atoms with Crippen LogP contribution in [0.1, 0.15) is 11.3 Å². The van der Waals surface area contributed by atoms with E-state index >= 15 is 0 Å². The van der Waals surface area contributed by atoms with Gasteiger partial charge in [-0.05, 0) is 36.8 Å². The molecule has 0 bridgehead atoms. The average molecular weight is 454 g/mol. The first-order valence-corrected chi connectivity index (χ1v) is 10.9. The van der Waals surface area contributed by atoms with Crippen molar-refractivity contribution < 1.29 is 26.0 Å². The second-order valence-electron chi connectivity index (χ2n) is 7.18. The highest BCUT2D eigenvalue weighted by molar-refractivity contribution is 7.89. The molecular weight excluding hydrogens is 436 g/mol. The zero-order chi connectivity index (χ0) is 22.4. The molecule has 0 N–H and O–H groups in total. The van der Waals surface area contributed by atoms with Gasteiger partial charge in [-0.15, -0.1) is 0 Å². The van der Waals surface area contributed by atoms with Crippen LogP contribution in [0.25, 0.3) is 11.0 Å². The lowest BCUT2D eigenvalue weighted by Crippen LogP contribution is -2.49. The van der Waals surface area contributed by atoms with Crippen LogP contribution in [0.5, 0.6) is 0 Å². The molecule has 2 aromatic carbocycles. The molecule has 1 aliphatic heterocycles. The lowest BCUT2D eigenvalue weighted by molar-refractivity contribution is -0.140. The molecule has 1 fully saturated rings. The van der Waals surface area contributed by atoms with Gasteiger partial charge < -0.3 is 4.90 Å². The molecule has 0 unspecified atom stereocenters. The summed E-state index contributed by atoms with van der Waals surface area (Å²) in [5, 5.41) is 0. The van der Waals surface area contributed by atoms with Crippen LogP contribution < -0.4 is 4.90 Å². The van der Waals surface area contributed by atoms with Crippen LogP contribution in [0.15, 0.2) is 47.4 Å². The number of aromatic nitrogens is 2. The van der Waals surface area contributed by atoms with Crippen molar-refractivity contribution in [3.63, 3.8) is 0 Å². The van der Waals surface area contributed by atoms with Gasteiger partial charge in [-0.2, -0.15) is 17.5 Å². The Morgan fingerprint density at radius 3 is 2.16 bits per heavy atom. The van der Waals surface area contributed by atoms with E-state index in [-0.39, 0.29) is 42.4 Å². The summed E-state index contributed by atoms with van der Waals surface area (Å²) in [6.07, 6.45) is -4.71. The highest BCUT2D eigenvalue weighted by atomic mass is 32.2. The van der Waals surface area contributed by atoms with E-state index in [1.54, 1.807) is 25.1 Å². The molecule has 0 saturated carbocycles. The number of halogens is 4. The van der Waals surface area contributed by atoms with E-state index in [4.69, 9.17) is 0 Å². The Morgan fingerprint density at radius 1 is 0.935 bits per heavy atom. The molecule has 1 saturated heterocycles. The number of alkyl halides is 3. The Labute approximate surface area is 176 Å². The SMILES string of the molecule is Cc1ccc(F)cc1S(=O)(=O)N1CCN(c2nc3ccccc3nc2C(F)(F)F)CC1. The van der Waals surface area contributed by atoms with Crippen molar-refractivity contribution in [2.24, 2.45) is 0 Å². The predicted molar refractivity (Wildman–Crippen MR) is 107 cm³/mol. The van der Waals surface area contributed by atoms with E-state index in [1.165, 1.54) is 23.1 Å². The van der Waals surface area contributed by atoms with Gasteiger partial charge in [0.25, 0.3) is 0 Å². The summed E-state index contributed by atoms with van der Waals surface area (Å²) in [4.78, 5) is 9.15. The predicted octanol–water partition coefficient (Wildman–Crippen LogP) is 3.61. The standard InChI is InChI=1S/C20H18F4N4O2S/c1-13-6-7-14(21)12-17(13)31(29,30)28-10-8-27(9-11-28)19-18(20(22,23)24)25-15-4-2-3-5-16(15)26-19/h2-7,12H,8-11H2,1H3. The number of nitrogens with zero attached hydrogens (tertiary/aromatic N) is 4. The summed E-state index contributed by atoms with van der Waals surface area (Å²) in [6.45, 7) is 1.41.